The molecule has 1 aromatic heterocycles. The summed E-state index contributed by atoms with van der Waals surface area (Å²) >= 11 is 6.09. The summed E-state index contributed by atoms with van der Waals surface area (Å²) in [6, 6.07) is 6.38. The molecular weight excluding hydrogens is 232 g/mol. The van der Waals surface area contributed by atoms with Crippen molar-refractivity contribution in [3.05, 3.63) is 29.0 Å². The summed E-state index contributed by atoms with van der Waals surface area (Å²) in [5, 5.41) is 0.775. The molecule has 1 unspecified atom stereocenters. The van der Waals surface area contributed by atoms with Gasteiger partial charge in [-0.05, 0) is 31.5 Å². The molecule has 0 radical (unpaired) electrons. The van der Waals surface area contributed by atoms with Crippen molar-refractivity contribution in [1.29, 1.82) is 0 Å². The standard InChI is InChI=1S/C14H19ClN2/c1-5-10(4)17-13-8-11(15)6-7-12(13)16-14(17)9(2)3/h6-10H,5H2,1-4H3. The maximum absolute atomic E-state index is 6.09. The van der Waals surface area contributed by atoms with Crippen molar-refractivity contribution in [2.75, 3.05) is 0 Å². The molecule has 1 heterocycles. The number of benzene rings is 1. The Morgan fingerprint density at radius 1 is 1.29 bits per heavy atom. The molecular formula is C14H19ClN2. The molecule has 2 nitrogen and oxygen atoms in total. The van der Waals surface area contributed by atoms with Gasteiger partial charge in [0.2, 0.25) is 0 Å². The van der Waals surface area contributed by atoms with E-state index in [4.69, 9.17) is 16.6 Å². The predicted molar refractivity (Wildman–Crippen MR) is 73.8 cm³/mol. The van der Waals surface area contributed by atoms with Gasteiger partial charge < -0.3 is 4.57 Å². The van der Waals surface area contributed by atoms with Gasteiger partial charge >= 0.3 is 0 Å². The van der Waals surface area contributed by atoms with Crippen LogP contribution in [-0.2, 0) is 0 Å². The second-order valence-corrected chi connectivity index (χ2v) is 5.32. The summed E-state index contributed by atoms with van der Waals surface area (Å²) in [6.07, 6.45) is 1.09. The zero-order valence-corrected chi connectivity index (χ0v) is 11.6. The van der Waals surface area contributed by atoms with Crippen molar-refractivity contribution in [2.24, 2.45) is 0 Å². The van der Waals surface area contributed by atoms with Gasteiger partial charge in [-0.2, -0.15) is 0 Å². The van der Waals surface area contributed by atoms with E-state index >= 15 is 0 Å². The van der Waals surface area contributed by atoms with Crippen molar-refractivity contribution in [3.63, 3.8) is 0 Å². The van der Waals surface area contributed by atoms with Crippen molar-refractivity contribution >= 4 is 22.6 Å². The lowest BCUT2D eigenvalue weighted by Crippen LogP contribution is -2.09. The van der Waals surface area contributed by atoms with Crippen LogP contribution in [0.2, 0.25) is 5.02 Å². The van der Waals surface area contributed by atoms with Crippen LogP contribution in [0.25, 0.3) is 11.0 Å². The molecule has 0 saturated heterocycles. The number of rotatable bonds is 3. The Bertz CT molecular complexity index is 528. The van der Waals surface area contributed by atoms with Crippen molar-refractivity contribution in [3.8, 4) is 0 Å². The second kappa shape index (κ2) is 4.69. The number of imidazole rings is 1. The minimum atomic E-state index is 0.426. The number of nitrogens with zero attached hydrogens (tertiary/aromatic N) is 2. The molecule has 92 valence electrons. The Morgan fingerprint density at radius 2 is 2.00 bits per heavy atom. The molecule has 0 spiro atoms. The van der Waals surface area contributed by atoms with E-state index in [1.54, 1.807) is 0 Å². The van der Waals surface area contributed by atoms with Crippen LogP contribution in [0.15, 0.2) is 18.2 Å². The minimum absolute atomic E-state index is 0.426. The highest BCUT2D eigenvalue weighted by Gasteiger charge is 2.17. The van der Waals surface area contributed by atoms with Gasteiger partial charge in [0.1, 0.15) is 5.82 Å². The first-order chi connectivity index (χ1) is 8.04. The van der Waals surface area contributed by atoms with Gasteiger partial charge in [-0.25, -0.2) is 4.98 Å². The maximum Gasteiger partial charge on any atom is 0.112 e. The second-order valence-electron chi connectivity index (χ2n) is 4.89. The highest BCUT2D eigenvalue weighted by Crippen LogP contribution is 2.28. The normalized spacial score (nSPS) is 13.5. The number of fused-ring (bicyclic) bond motifs is 1. The van der Waals surface area contributed by atoms with Crippen molar-refractivity contribution in [1.82, 2.24) is 9.55 Å². The van der Waals surface area contributed by atoms with Crippen LogP contribution in [0.4, 0.5) is 0 Å². The summed E-state index contributed by atoms with van der Waals surface area (Å²) < 4.78 is 2.33. The molecule has 3 heteroatoms. The Labute approximate surface area is 108 Å². The number of hydrogen-bond donors (Lipinski definition) is 0. The summed E-state index contributed by atoms with van der Waals surface area (Å²) in [5.74, 6) is 1.58. The molecule has 0 amide bonds. The van der Waals surface area contributed by atoms with E-state index < -0.39 is 0 Å². The first-order valence-corrected chi connectivity index (χ1v) is 6.59. The van der Waals surface area contributed by atoms with Gasteiger partial charge in [-0.3, -0.25) is 0 Å². The van der Waals surface area contributed by atoms with Crippen molar-refractivity contribution < 1.29 is 0 Å². The third kappa shape index (κ3) is 2.19. The van der Waals surface area contributed by atoms with Crippen LogP contribution < -0.4 is 0 Å². The molecule has 0 aliphatic rings. The third-order valence-electron chi connectivity index (χ3n) is 3.23. The Kier molecular flexibility index (Phi) is 3.43. The lowest BCUT2D eigenvalue weighted by atomic mass is 10.1. The quantitative estimate of drug-likeness (QED) is 0.766. The Hall–Kier alpha value is -1.02. The van der Waals surface area contributed by atoms with Gasteiger partial charge in [0.25, 0.3) is 0 Å². The average molecular weight is 251 g/mol. The first-order valence-electron chi connectivity index (χ1n) is 6.22. The van der Waals surface area contributed by atoms with E-state index in [0.29, 0.717) is 12.0 Å². The molecule has 0 bridgehead atoms. The average Bonchev–Trinajstić information content (AvgIpc) is 2.66. The van der Waals surface area contributed by atoms with Gasteiger partial charge in [0.15, 0.2) is 0 Å². The largest absolute Gasteiger partial charge is 0.325 e. The summed E-state index contributed by atoms with van der Waals surface area (Å²) in [4.78, 5) is 4.73. The fourth-order valence-electron chi connectivity index (χ4n) is 2.14. The molecule has 2 aromatic rings. The molecule has 0 aliphatic carbocycles. The third-order valence-corrected chi connectivity index (χ3v) is 3.46. The van der Waals surface area contributed by atoms with Crippen LogP contribution in [0, 0.1) is 0 Å². The lowest BCUT2D eigenvalue weighted by molar-refractivity contribution is 0.510. The maximum atomic E-state index is 6.09. The van der Waals surface area contributed by atoms with E-state index in [-0.39, 0.29) is 0 Å². The van der Waals surface area contributed by atoms with E-state index in [1.165, 1.54) is 0 Å². The fraction of sp³-hybridized carbons (Fsp3) is 0.500. The smallest absolute Gasteiger partial charge is 0.112 e. The van der Waals surface area contributed by atoms with Crippen LogP contribution >= 0.6 is 11.6 Å². The molecule has 0 saturated carbocycles. The van der Waals surface area contributed by atoms with Gasteiger partial charge in [0.05, 0.1) is 11.0 Å². The summed E-state index contributed by atoms with van der Waals surface area (Å²) in [5.41, 5.74) is 2.19. The van der Waals surface area contributed by atoms with Gasteiger partial charge in [0, 0.05) is 17.0 Å². The predicted octanol–water partition coefficient (Wildman–Crippen LogP) is 4.78. The van der Waals surface area contributed by atoms with Crippen LogP contribution in [0.1, 0.15) is 51.9 Å². The number of hydrogen-bond acceptors (Lipinski definition) is 1. The zero-order valence-electron chi connectivity index (χ0n) is 10.9. The molecule has 1 atom stereocenters. The van der Waals surface area contributed by atoms with Crippen molar-refractivity contribution in [2.45, 2.75) is 46.1 Å². The highest BCUT2D eigenvalue weighted by molar-refractivity contribution is 6.31. The number of halogens is 1. The number of aromatic nitrogens is 2. The Morgan fingerprint density at radius 3 is 2.59 bits per heavy atom. The summed E-state index contributed by atoms with van der Waals surface area (Å²) in [6.45, 7) is 8.79. The molecule has 0 aliphatic heterocycles. The fourth-order valence-corrected chi connectivity index (χ4v) is 2.30. The van der Waals surface area contributed by atoms with E-state index in [2.05, 4.69) is 32.3 Å². The SMILES string of the molecule is CCC(C)n1c(C(C)C)nc2ccc(Cl)cc21. The summed E-state index contributed by atoms with van der Waals surface area (Å²) in [7, 11) is 0. The highest BCUT2D eigenvalue weighted by atomic mass is 35.5. The van der Waals surface area contributed by atoms with Crippen LogP contribution in [0.5, 0.6) is 0 Å². The minimum Gasteiger partial charge on any atom is -0.325 e. The monoisotopic (exact) mass is 250 g/mol. The van der Waals surface area contributed by atoms with Crippen LogP contribution in [-0.4, -0.2) is 9.55 Å². The van der Waals surface area contributed by atoms with E-state index in [0.717, 1.165) is 28.3 Å². The van der Waals surface area contributed by atoms with E-state index in [1.807, 2.05) is 18.2 Å². The molecule has 17 heavy (non-hydrogen) atoms. The molecule has 0 fully saturated rings. The Balaban J connectivity index is 2.73. The topological polar surface area (TPSA) is 17.8 Å². The zero-order chi connectivity index (χ0) is 12.6. The first kappa shape index (κ1) is 12.4. The van der Waals surface area contributed by atoms with E-state index in [9.17, 15) is 0 Å². The lowest BCUT2D eigenvalue weighted by Gasteiger charge is -2.17. The molecule has 1 aromatic carbocycles. The van der Waals surface area contributed by atoms with Gasteiger partial charge in [-0.1, -0.05) is 32.4 Å². The molecule has 2 rings (SSSR count). The van der Waals surface area contributed by atoms with Gasteiger partial charge in [-0.15, -0.1) is 0 Å². The molecule has 0 N–H and O–H groups in total. The van der Waals surface area contributed by atoms with Crippen LogP contribution in [0.3, 0.4) is 0 Å².